The third-order valence-corrected chi connectivity index (χ3v) is 3.98. The summed E-state index contributed by atoms with van der Waals surface area (Å²) >= 11 is 0. The second-order valence-electron chi connectivity index (χ2n) is 6.38. The fraction of sp³-hybridized carbons (Fsp3) is 0.688. The first-order valence-electron chi connectivity index (χ1n) is 8.13. The van der Waals surface area contributed by atoms with Crippen molar-refractivity contribution in [2.45, 2.75) is 51.1 Å². The number of fused-ring (bicyclic) bond motifs is 1. The molecule has 10 nitrogen and oxygen atoms in total. The lowest BCUT2D eigenvalue weighted by Gasteiger charge is -2.28. The number of ether oxygens (including phenoxy) is 4. The van der Waals surface area contributed by atoms with Gasteiger partial charge in [0, 0.05) is 20.2 Å². The molecule has 2 fully saturated rings. The van der Waals surface area contributed by atoms with Gasteiger partial charge in [0.25, 0.3) is 5.91 Å². The summed E-state index contributed by atoms with van der Waals surface area (Å²) in [6.07, 6.45) is -1.11. The Morgan fingerprint density at radius 3 is 2.50 bits per heavy atom. The van der Waals surface area contributed by atoms with Crippen LogP contribution in [0.2, 0.25) is 0 Å². The van der Waals surface area contributed by atoms with E-state index >= 15 is 0 Å². The zero-order valence-corrected chi connectivity index (χ0v) is 15.1. The Balaban J connectivity index is 2.25. The van der Waals surface area contributed by atoms with E-state index in [4.69, 9.17) is 18.9 Å². The molecule has 2 aliphatic heterocycles. The number of carbonyl (C=O) groups excluding carboxylic acids is 3. The molecule has 2 N–H and O–H groups in total. The van der Waals surface area contributed by atoms with Crippen molar-refractivity contribution >= 4 is 18.3 Å². The van der Waals surface area contributed by atoms with E-state index in [1.165, 1.54) is 20.2 Å². The Kier molecular flexibility index (Phi) is 6.34. The first kappa shape index (κ1) is 20.3. The molecule has 2 saturated heterocycles. The number of amides is 2. The standard InChI is InChI=1S/C16H24N2O8/c1-9(21)23-7-10(14(22)17-4)5-18(8-20)15-13-12(11(6-19)24-15)25-16(2,3)26-13/h5,8,11-13,15,19H,6-7H2,1-4H3,(H,17,22)/b10-5-. The van der Waals surface area contributed by atoms with Crippen molar-refractivity contribution in [3.63, 3.8) is 0 Å². The molecule has 10 heteroatoms. The molecule has 2 aliphatic rings. The predicted molar refractivity (Wildman–Crippen MR) is 86.3 cm³/mol. The highest BCUT2D eigenvalue weighted by Gasteiger charge is 2.56. The smallest absolute Gasteiger partial charge is 0.302 e. The predicted octanol–water partition coefficient (Wildman–Crippen LogP) is -1.12. The summed E-state index contributed by atoms with van der Waals surface area (Å²) < 4.78 is 22.1. The SMILES string of the molecule is CNC(=O)/C(=C\N(C=O)C1OC(CO)C2OC(C)(C)OC21)COC(C)=O. The average Bonchev–Trinajstić information content (AvgIpc) is 3.07. The van der Waals surface area contributed by atoms with Crippen LogP contribution in [0.15, 0.2) is 11.8 Å². The Labute approximate surface area is 151 Å². The molecule has 146 valence electrons. The Morgan fingerprint density at radius 2 is 1.96 bits per heavy atom. The van der Waals surface area contributed by atoms with E-state index in [-0.39, 0.29) is 18.8 Å². The van der Waals surface area contributed by atoms with Crippen LogP contribution in [-0.4, -0.2) is 78.9 Å². The van der Waals surface area contributed by atoms with Gasteiger partial charge in [0.1, 0.15) is 24.9 Å². The molecule has 0 aromatic carbocycles. The van der Waals surface area contributed by atoms with Gasteiger partial charge in [0.15, 0.2) is 12.0 Å². The van der Waals surface area contributed by atoms with Crippen LogP contribution in [0, 0.1) is 0 Å². The number of hydrogen-bond acceptors (Lipinski definition) is 8. The summed E-state index contributed by atoms with van der Waals surface area (Å²) in [5, 5.41) is 11.9. The third-order valence-electron chi connectivity index (χ3n) is 3.98. The van der Waals surface area contributed by atoms with Crippen LogP contribution < -0.4 is 5.32 Å². The van der Waals surface area contributed by atoms with Gasteiger partial charge in [-0.25, -0.2) is 0 Å². The Bertz CT molecular complexity index is 591. The summed E-state index contributed by atoms with van der Waals surface area (Å²) in [5.74, 6) is -1.98. The monoisotopic (exact) mass is 372 g/mol. The molecule has 0 spiro atoms. The molecule has 0 bridgehead atoms. The number of likely N-dealkylation sites (N-methyl/N-ethyl adjacent to an activating group) is 1. The second-order valence-corrected chi connectivity index (χ2v) is 6.38. The quantitative estimate of drug-likeness (QED) is 0.327. The van der Waals surface area contributed by atoms with Crippen molar-refractivity contribution in [3.8, 4) is 0 Å². The largest absolute Gasteiger partial charge is 0.461 e. The van der Waals surface area contributed by atoms with Crippen molar-refractivity contribution in [2.75, 3.05) is 20.3 Å². The van der Waals surface area contributed by atoms with Crippen LogP contribution >= 0.6 is 0 Å². The van der Waals surface area contributed by atoms with E-state index < -0.39 is 42.2 Å². The van der Waals surface area contributed by atoms with E-state index in [2.05, 4.69) is 5.32 Å². The van der Waals surface area contributed by atoms with Gasteiger partial charge < -0.3 is 29.4 Å². The minimum absolute atomic E-state index is 0.0422. The number of aliphatic hydroxyl groups excluding tert-OH is 1. The van der Waals surface area contributed by atoms with Gasteiger partial charge in [0.05, 0.1) is 12.2 Å². The summed E-state index contributed by atoms with van der Waals surface area (Å²) in [4.78, 5) is 35.7. The minimum atomic E-state index is -0.909. The van der Waals surface area contributed by atoms with Crippen molar-refractivity contribution in [3.05, 3.63) is 11.8 Å². The molecule has 0 saturated carbocycles. The van der Waals surface area contributed by atoms with Crippen LogP contribution in [0.1, 0.15) is 20.8 Å². The molecule has 2 rings (SSSR count). The van der Waals surface area contributed by atoms with Gasteiger partial charge in [-0.3, -0.25) is 19.3 Å². The van der Waals surface area contributed by atoms with Gasteiger partial charge in [-0.15, -0.1) is 0 Å². The molecule has 2 heterocycles. The number of rotatable bonds is 7. The van der Waals surface area contributed by atoms with E-state index in [1.54, 1.807) is 13.8 Å². The zero-order valence-electron chi connectivity index (χ0n) is 15.1. The van der Waals surface area contributed by atoms with Crippen LogP contribution in [0.4, 0.5) is 0 Å². The summed E-state index contributed by atoms with van der Waals surface area (Å²) in [6.45, 7) is 4.01. The van der Waals surface area contributed by atoms with Crippen molar-refractivity contribution in [1.82, 2.24) is 10.2 Å². The molecule has 4 unspecified atom stereocenters. The van der Waals surface area contributed by atoms with Crippen molar-refractivity contribution in [1.29, 1.82) is 0 Å². The molecule has 0 aliphatic carbocycles. The van der Waals surface area contributed by atoms with E-state index in [0.29, 0.717) is 6.41 Å². The highest BCUT2D eigenvalue weighted by atomic mass is 16.8. The lowest BCUT2D eigenvalue weighted by atomic mass is 10.1. The van der Waals surface area contributed by atoms with Crippen LogP contribution in [0.5, 0.6) is 0 Å². The molecular formula is C16H24N2O8. The number of carbonyl (C=O) groups is 3. The molecule has 0 aromatic heterocycles. The maximum absolute atomic E-state index is 12.0. The topological polar surface area (TPSA) is 124 Å². The van der Waals surface area contributed by atoms with Gasteiger partial charge in [-0.2, -0.15) is 0 Å². The molecule has 0 radical (unpaired) electrons. The lowest BCUT2D eigenvalue weighted by Crippen LogP contribution is -2.41. The molecule has 26 heavy (non-hydrogen) atoms. The van der Waals surface area contributed by atoms with Gasteiger partial charge in [-0.1, -0.05) is 0 Å². The average molecular weight is 372 g/mol. The fourth-order valence-corrected chi connectivity index (χ4v) is 2.89. The number of nitrogens with one attached hydrogen (secondary N) is 1. The summed E-state index contributed by atoms with van der Waals surface area (Å²) in [7, 11) is 1.41. The zero-order chi connectivity index (χ0) is 19.5. The highest BCUT2D eigenvalue weighted by molar-refractivity contribution is 5.93. The Morgan fingerprint density at radius 1 is 1.31 bits per heavy atom. The van der Waals surface area contributed by atoms with Crippen LogP contribution in [-0.2, 0) is 33.3 Å². The summed E-state index contributed by atoms with van der Waals surface area (Å²) in [5.41, 5.74) is 0.0422. The normalized spacial score (nSPS) is 29.8. The highest BCUT2D eigenvalue weighted by Crippen LogP contribution is 2.39. The molecule has 0 aromatic rings. The van der Waals surface area contributed by atoms with Crippen LogP contribution in [0.3, 0.4) is 0 Å². The van der Waals surface area contributed by atoms with E-state index in [0.717, 1.165) is 4.90 Å². The number of hydrogen-bond donors (Lipinski definition) is 2. The number of nitrogens with zero attached hydrogens (tertiary/aromatic N) is 1. The summed E-state index contributed by atoms with van der Waals surface area (Å²) in [6, 6.07) is 0. The van der Waals surface area contributed by atoms with E-state index in [9.17, 15) is 19.5 Å². The lowest BCUT2D eigenvalue weighted by molar-refractivity contribution is -0.204. The third kappa shape index (κ3) is 4.39. The van der Waals surface area contributed by atoms with Gasteiger partial charge in [-0.05, 0) is 13.8 Å². The van der Waals surface area contributed by atoms with Crippen molar-refractivity contribution in [2.24, 2.45) is 0 Å². The van der Waals surface area contributed by atoms with Crippen molar-refractivity contribution < 1.29 is 38.4 Å². The second kappa shape index (κ2) is 8.12. The first-order chi connectivity index (χ1) is 12.2. The van der Waals surface area contributed by atoms with Gasteiger partial charge in [0.2, 0.25) is 6.41 Å². The maximum Gasteiger partial charge on any atom is 0.302 e. The maximum atomic E-state index is 12.0. The van der Waals surface area contributed by atoms with Crippen LogP contribution in [0.25, 0.3) is 0 Å². The van der Waals surface area contributed by atoms with E-state index in [1.807, 2.05) is 0 Å². The van der Waals surface area contributed by atoms with Gasteiger partial charge >= 0.3 is 5.97 Å². The first-order valence-corrected chi connectivity index (χ1v) is 8.13. The Hall–Kier alpha value is -2.01. The number of esters is 1. The number of aliphatic hydroxyl groups is 1. The fourth-order valence-electron chi connectivity index (χ4n) is 2.89. The minimum Gasteiger partial charge on any atom is -0.461 e. The molecular weight excluding hydrogens is 348 g/mol. The molecule has 4 atom stereocenters. The molecule has 2 amide bonds.